The van der Waals surface area contributed by atoms with Gasteiger partial charge in [-0.05, 0) is 44.0 Å². The van der Waals surface area contributed by atoms with Gasteiger partial charge in [-0.25, -0.2) is 0 Å². The lowest BCUT2D eigenvalue weighted by Crippen LogP contribution is -2.65. The zero-order valence-electron chi connectivity index (χ0n) is 16.0. The largest absolute Gasteiger partial charge is 0.394 e. The summed E-state index contributed by atoms with van der Waals surface area (Å²) in [5, 5.41) is 16.6. The summed E-state index contributed by atoms with van der Waals surface area (Å²) in [7, 11) is 2.06. The molecule has 2 aliphatic rings. The molecule has 1 fully saturated rings. The number of fused-ring (bicyclic) bond motifs is 1. The van der Waals surface area contributed by atoms with Gasteiger partial charge in [0.1, 0.15) is 0 Å². The summed E-state index contributed by atoms with van der Waals surface area (Å²) in [6.07, 6.45) is 1.36. The van der Waals surface area contributed by atoms with Crippen molar-refractivity contribution >= 4 is 5.91 Å². The van der Waals surface area contributed by atoms with Crippen LogP contribution in [0.2, 0.25) is 0 Å². The van der Waals surface area contributed by atoms with Crippen LogP contribution in [-0.4, -0.2) is 60.9 Å². The molecule has 3 N–H and O–H groups in total. The molecular weight excluding hydrogens is 330 g/mol. The van der Waals surface area contributed by atoms with Gasteiger partial charge in [-0.15, -0.1) is 0 Å². The number of likely N-dealkylation sites (N-methyl/N-ethyl adjacent to an activating group) is 1. The number of hydrogen-bond donors (Lipinski definition) is 3. The maximum absolute atomic E-state index is 11.6. The number of carbonyl (C=O) groups is 1. The van der Waals surface area contributed by atoms with Gasteiger partial charge in [-0.2, -0.15) is 0 Å². The quantitative estimate of drug-likeness (QED) is 0.729. The minimum Gasteiger partial charge on any atom is -0.394 e. The Hall–Kier alpha value is -1.47. The van der Waals surface area contributed by atoms with Crippen LogP contribution in [0.5, 0.6) is 0 Å². The van der Waals surface area contributed by atoms with E-state index in [2.05, 4.69) is 54.6 Å². The smallest absolute Gasteiger partial charge is 0.220 e. The highest BCUT2D eigenvalue weighted by molar-refractivity contribution is 5.77. The highest BCUT2D eigenvalue weighted by Crippen LogP contribution is 2.24. The molecule has 0 bridgehead atoms. The predicted octanol–water partition coefficient (Wildman–Crippen LogP) is 0.981. The first-order chi connectivity index (χ1) is 12.4. The van der Waals surface area contributed by atoms with Gasteiger partial charge in [0.05, 0.1) is 25.4 Å². The molecule has 26 heavy (non-hydrogen) atoms. The fourth-order valence-corrected chi connectivity index (χ4v) is 3.80. The molecule has 0 spiro atoms. The topological polar surface area (TPSA) is 73.8 Å². The minimum absolute atomic E-state index is 0.0593. The number of aryl methyl sites for hydroxylation is 1. The average molecular weight is 361 g/mol. The Morgan fingerprint density at radius 1 is 1.42 bits per heavy atom. The number of aliphatic hydroxyl groups is 1. The Balaban J connectivity index is 1.68. The molecule has 0 saturated carbocycles. The van der Waals surface area contributed by atoms with Crippen molar-refractivity contribution in [1.29, 1.82) is 0 Å². The molecule has 3 rings (SSSR count). The Labute approximate surface area is 155 Å². The molecule has 2 heterocycles. The molecule has 1 unspecified atom stereocenters. The molecule has 6 heteroatoms. The third kappa shape index (κ3) is 3.93. The van der Waals surface area contributed by atoms with Crippen LogP contribution < -0.4 is 10.6 Å². The van der Waals surface area contributed by atoms with Crippen LogP contribution in [0, 0.1) is 0 Å². The Morgan fingerprint density at radius 2 is 2.23 bits per heavy atom. The molecule has 1 saturated heterocycles. The van der Waals surface area contributed by atoms with E-state index >= 15 is 0 Å². The Morgan fingerprint density at radius 3 is 3.00 bits per heavy atom. The van der Waals surface area contributed by atoms with Crippen molar-refractivity contribution < 1.29 is 14.6 Å². The monoisotopic (exact) mass is 361 g/mol. The van der Waals surface area contributed by atoms with Crippen molar-refractivity contribution in [3.8, 4) is 0 Å². The van der Waals surface area contributed by atoms with Gasteiger partial charge in [0.25, 0.3) is 0 Å². The van der Waals surface area contributed by atoms with Crippen molar-refractivity contribution in [3.63, 3.8) is 0 Å². The van der Waals surface area contributed by atoms with Crippen molar-refractivity contribution in [2.75, 3.05) is 33.4 Å². The van der Waals surface area contributed by atoms with Crippen molar-refractivity contribution in [2.24, 2.45) is 0 Å². The second kappa shape index (κ2) is 8.05. The number of benzene rings is 1. The lowest BCUT2D eigenvalue weighted by atomic mass is 9.94. The van der Waals surface area contributed by atoms with Gasteiger partial charge >= 0.3 is 0 Å². The van der Waals surface area contributed by atoms with E-state index in [-0.39, 0.29) is 24.6 Å². The van der Waals surface area contributed by atoms with E-state index in [9.17, 15) is 9.90 Å². The summed E-state index contributed by atoms with van der Waals surface area (Å²) < 4.78 is 5.71. The maximum atomic E-state index is 11.6. The third-order valence-electron chi connectivity index (χ3n) is 6.00. The Bertz CT molecular complexity index is 651. The normalized spacial score (nSPS) is 28.2. The molecule has 3 atom stereocenters. The minimum atomic E-state index is -0.397. The van der Waals surface area contributed by atoms with Crippen LogP contribution in [0.25, 0.3) is 0 Å². The first-order valence-electron chi connectivity index (χ1n) is 9.48. The highest BCUT2D eigenvalue weighted by Gasteiger charge is 2.40. The second-order valence-electron chi connectivity index (χ2n) is 7.76. The Kier molecular flexibility index (Phi) is 5.97. The lowest BCUT2D eigenvalue weighted by molar-refractivity contribution is -0.121. The number of nitrogens with one attached hydrogen (secondary N) is 2. The number of aliphatic hydroxyl groups excluding tert-OH is 1. The van der Waals surface area contributed by atoms with Crippen molar-refractivity contribution in [1.82, 2.24) is 15.5 Å². The second-order valence-corrected chi connectivity index (χ2v) is 7.76. The molecule has 6 nitrogen and oxygen atoms in total. The van der Waals surface area contributed by atoms with Crippen LogP contribution in [0.4, 0.5) is 0 Å². The highest BCUT2D eigenvalue weighted by atomic mass is 16.5. The van der Waals surface area contributed by atoms with Crippen LogP contribution in [0.3, 0.4) is 0 Å². The first-order valence-corrected chi connectivity index (χ1v) is 9.48. The fraction of sp³-hybridized carbons (Fsp3) is 0.650. The molecule has 1 aromatic rings. The number of carbonyl (C=O) groups excluding carboxylic acids is 1. The van der Waals surface area contributed by atoms with E-state index in [0.717, 1.165) is 6.42 Å². The predicted molar refractivity (Wildman–Crippen MR) is 101 cm³/mol. The van der Waals surface area contributed by atoms with Crippen LogP contribution in [0.1, 0.15) is 43.0 Å². The standard InChI is InChI=1S/C20H31N3O3/c1-14-10-26-13-20(12-24,23(14)3)11-22-15(2)17-5-4-16-6-7-19(25)21-9-18(16)8-17/h4-5,8,14-15,22,24H,6-7,9-13H2,1-3H3,(H,21,25)/t14-,15?,20+/m1/s1. The molecule has 144 valence electrons. The molecular formula is C20H31N3O3. The van der Waals surface area contributed by atoms with Crippen LogP contribution >= 0.6 is 0 Å². The SMILES string of the molecule is CC(NC[C@]1(CO)COC[C@@H](C)N1C)c1ccc2c(c1)CNC(=O)CC2. The number of morpholine rings is 1. The number of rotatable bonds is 5. The zero-order chi connectivity index (χ0) is 18.7. The van der Waals surface area contributed by atoms with E-state index in [0.29, 0.717) is 32.7 Å². The molecule has 2 aliphatic heterocycles. The van der Waals surface area contributed by atoms with E-state index < -0.39 is 5.54 Å². The van der Waals surface area contributed by atoms with Gasteiger partial charge in [0, 0.05) is 31.6 Å². The fourth-order valence-electron chi connectivity index (χ4n) is 3.80. The summed E-state index contributed by atoms with van der Waals surface area (Å²) in [6.45, 7) is 6.79. The van der Waals surface area contributed by atoms with Crippen molar-refractivity contribution in [3.05, 3.63) is 34.9 Å². The zero-order valence-corrected chi connectivity index (χ0v) is 16.0. The summed E-state index contributed by atoms with van der Waals surface area (Å²) in [6, 6.07) is 6.90. The van der Waals surface area contributed by atoms with E-state index in [1.165, 1.54) is 16.7 Å². The van der Waals surface area contributed by atoms with Gasteiger partial charge in [0.2, 0.25) is 5.91 Å². The molecule has 1 amide bonds. The molecule has 1 aromatic carbocycles. The average Bonchev–Trinajstić information content (AvgIpc) is 2.84. The first kappa shape index (κ1) is 19.3. The van der Waals surface area contributed by atoms with Crippen molar-refractivity contribution in [2.45, 2.75) is 50.9 Å². The summed E-state index contributed by atoms with van der Waals surface area (Å²) in [4.78, 5) is 13.8. The van der Waals surface area contributed by atoms with Gasteiger partial charge in [0.15, 0.2) is 0 Å². The number of ether oxygens (including phenoxy) is 1. The van der Waals surface area contributed by atoms with Gasteiger partial charge < -0.3 is 20.5 Å². The van der Waals surface area contributed by atoms with Crippen LogP contribution in [-0.2, 0) is 22.5 Å². The number of hydrogen-bond acceptors (Lipinski definition) is 5. The molecule has 0 radical (unpaired) electrons. The maximum Gasteiger partial charge on any atom is 0.220 e. The van der Waals surface area contributed by atoms with Crippen LogP contribution in [0.15, 0.2) is 18.2 Å². The lowest BCUT2D eigenvalue weighted by Gasteiger charge is -2.47. The third-order valence-corrected chi connectivity index (χ3v) is 6.00. The summed E-state index contributed by atoms with van der Waals surface area (Å²) in [5.74, 6) is 0.119. The van der Waals surface area contributed by atoms with E-state index in [4.69, 9.17) is 4.74 Å². The summed E-state index contributed by atoms with van der Waals surface area (Å²) >= 11 is 0. The number of nitrogens with zero attached hydrogens (tertiary/aromatic N) is 1. The van der Waals surface area contributed by atoms with Gasteiger partial charge in [-0.3, -0.25) is 9.69 Å². The number of amides is 1. The van der Waals surface area contributed by atoms with Gasteiger partial charge in [-0.1, -0.05) is 18.2 Å². The van der Waals surface area contributed by atoms with E-state index in [1.807, 2.05) is 0 Å². The molecule has 0 aliphatic carbocycles. The molecule has 0 aromatic heterocycles. The van der Waals surface area contributed by atoms with E-state index in [1.54, 1.807) is 0 Å². The summed E-state index contributed by atoms with van der Waals surface area (Å²) in [5.41, 5.74) is 3.25.